The fraction of sp³-hybridized carbons (Fsp3) is 0.0769. The van der Waals surface area contributed by atoms with Crippen LogP contribution in [0, 0.1) is 0 Å². The highest BCUT2D eigenvalue weighted by atomic mass is 35.5. The van der Waals surface area contributed by atoms with Gasteiger partial charge in [0.1, 0.15) is 10.6 Å². The fourth-order valence-electron chi connectivity index (χ4n) is 3.52. The van der Waals surface area contributed by atoms with Crippen LogP contribution in [-0.2, 0) is 16.6 Å². The van der Waals surface area contributed by atoms with Gasteiger partial charge in [0.2, 0.25) is 5.96 Å². The van der Waals surface area contributed by atoms with Crippen molar-refractivity contribution < 1.29 is 13.2 Å². The Morgan fingerprint density at radius 3 is 2.22 bits per heavy atom. The van der Waals surface area contributed by atoms with Crippen LogP contribution < -0.4 is 15.2 Å². The maximum absolute atomic E-state index is 12.7. The van der Waals surface area contributed by atoms with Gasteiger partial charge in [-0.2, -0.15) is 0 Å². The second kappa shape index (κ2) is 11.0. The zero-order valence-corrected chi connectivity index (χ0v) is 21.5. The molecule has 3 aromatic carbocycles. The van der Waals surface area contributed by atoms with Crippen molar-refractivity contribution in [2.75, 3.05) is 7.11 Å². The lowest BCUT2D eigenvalue weighted by atomic mass is 9.98. The van der Waals surface area contributed by atoms with Crippen LogP contribution in [0.5, 0.6) is 5.75 Å². The van der Waals surface area contributed by atoms with Crippen molar-refractivity contribution in [3.63, 3.8) is 0 Å². The van der Waals surface area contributed by atoms with Crippen molar-refractivity contribution in [1.29, 1.82) is 0 Å². The van der Waals surface area contributed by atoms with Crippen molar-refractivity contribution in [2.45, 2.75) is 11.4 Å². The van der Waals surface area contributed by atoms with E-state index in [2.05, 4.69) is 14.7 Å². The molecular weight excluding hydrogens is 519 g/mol. The number of nitrogens with one attached hydrogen (secondary N) is 1. The molecule has 0 radical (unpaired) electrons. The molecule has 1 heterocycles. The van der Waals surface area contributed by atoms with E-state index in [9.17, 15) is 8.42 Å². The molecule has 0 saturated heterocycles. The average Bonchev–Trinajstić information content (AvgIpc) is 2.88. The first-order valence-electron chi connectivity index (χ1n) is 10.7. The Morgan fingerprint density at radius 1 is 0.972 bits per heavy atom. The van der Waals surface area contributed by atoms with Gasteiger partial charge in [-0.05, 0) is 53.6 Å². The summed E-state index contributed by atoms with van der Waals surface area (Å²) in [6, 6.07) is 23.0. The number of aromatic nitrogens is 1. The minimum atomic E-state index is -3.98. The van der Waals surface area contributed by atoms with E-state index in [1.165, 1.54) is 13.2 Å². The number of guanidine groups is 1. The summed E-state index contributed by atoms with van der Waals surface area (Å²) in [4.78, 5) is 8.83. The normalized spacial score (nSPS) is 11.8. The Kier molecular flexibility index (Phi) is 7.79. The molecule has 0 amide bonds. The number of nitrogens with two attached hydrogens (primary N) is 1. The molecule has 1 aromatic heterocycles. The van der Waals surface area contributed by atoms with Crippen LogP contribution >= 0.6 is 23.2 Å². The number of sulfonamides is 1. The maximum Gasteiger partial charge on any atom is 0.267 e. The van der Waals surface area contributed by atoms with Crippen LogP contribution in [0.25, 0.3) is 22.4 Å². The van der Waals surface area contributed by atoms with Crippen LogP contribution in [-0.4, -0.2) is 26.5 Å². The Morgan fingerprint density at radius 2 is 1.58 bits per heavy atom. The highest BCUT2D eigenvalue weighted by molar-refractivity contribution is 7.90. The molecule has 7 nitrogen and oxygen atoms in total. The first-order valence-corrected chi connectivity index (χ1v) is 13.0. The molecule has 0 aliphatic heterocycles. The minimum absolute atomic E-state index is 0.0374. The zero-order chi connectivity index (χ0) is 25.7. The second-order valence-electron chi connectivity index (χ2n) is 7.71. The van der Waals surface area contributed by atoms with Crippen LogP contribution in [0.1, 0.15) is 5.56 Å². The Bertz CT molecular complexity index is 1510. The van der Waals surface area contributed by atoms with Gasteiger partial charge in [-0.1, -0.05) is 59.6 Å². The number of benzene rings is 3. The molecule has 36 heavy (non-hydrogen) atoms. The van der Waals surface area contributed by atoms with E-state index in [4.69, 9.17) is 33.7 Å². The summed E-state index contributed by atoms with van der Waals surface area (Å²) in [5.41, 5.74) is 10.1. The average molecular weight is 541 g/mol. The number of nitrogens with zero attached hydrogens (tertiary/aromatic N) is 2. The summed E-state index contributed by atoms with van der Waals surface area (Å²) >= 11 is 12.1. The number of hydrogen-bond donors (Lipinski definition) is 2. The summed E-state index contributed by atoms with van der Waals surface area (Å²) in [7, 11) is -2.58. The SMILES string of the molecule is COc1ccccc1S(=O)(=O)NC(N)=NCc1cnc(-c2ccc(Cl)cc2)c(-c2ccc(Cl)cc2)c1. The smallest absolute Gasteiger partial charge is 0.267 e. The third kappa shape index (κ3) is 5.96. The van der Waals surface area contributed by atoms with E-state index < -0.39 is 10.0 Å². The quantitative estimate of drug-likeness (QED) is 0.237. The van der Waals surface area contributed by atoms with Gasteiger partial charge < -0.3 is 10.5 Å². The van der Waals surface area contributed by atoms with Crippen LogP contribution in [0.15, 0.2) is 94.9 Å². The van der Waals surface area contributed by atoms with Crippen molar-refractivity contribution in [3.8, 4) is 28.1 Å². The predicted molar refractivity (Wildman–Crippen MR) is 144 cm³/mol. The third-order valence-corrected chi connectivity index (χ3v) is 7.14. The van der Waals surface area contributed by atoms with Gasteiger partial charge in [-0.15, -0.1) is 0 Å². The topological polar surface area (TPSA) is 107 Å². The number of methoxy groups -OCH3 is 1. The Hall–Kier alpha value is -3.59. The Balaban J connectivity index is 1.63. The van der Waals surface area contributed by atoms with Gasteiger partial charge >= 0.3 is 0 Å². The zero-order valence-electron chi connectivity index (χ0n) is 19.2. The van der Waals surface area contributed by atoms with Crippen molar-refractivity contribution in [2.24, 2.45) is 10.7 Å². The van der Waals surface area contributed by atoms with Gasteiger partial charge in [0.05, 0.1) is 19.3 Å². The van der Waals surface area contributed by atoms with E-state index in [1.807, 2.05) is 30.3 Å². The molecule has 184 valence electrons. The molecule has 3 N–H and O–H groups in total. The monoisotopic (exact) mass is 540 g/mol. The van der Waals surface area contributed by atoms with E-state index in [0.717, 1.165) is 27.9 Å². The number of hydrogen-bond acceptors (Lipinski definition) is 5. The summed E-state index contributed by atoms with van der Waals surface area (Å²) in [5.74, 6) is -0.0527. The lowest BCUT2D eigenvalue weighted by Gasteiger charge is -2.12. The number of para-hydroxylation sites is 1. The summed E-state index contributed by atoms with van der Waals surface area (Å²) in [5, 5.41) is 1.25. The van der Waals surface area contributed by atoms with E-state index >= 15 is 0 Å². The summed E-state index contributed by atoms with van der Waals surface area (Å²) in [6.07, 6.45) is 1.68. The van der Waals surface area contributed by atoms with Crippen LogP contribution in [0.2, 0.25) is 10.0 Å². The molecule has 0 spiro atoms. The van der Waals surface area contributed by atoms with Gasteiger partial charge in [-0.25, -0.2) is 18.1 Å². The summed E-state index contributed by atoms with van der Waals surface area (Å²) in [6.45, 7) is 0.106. The molecule has 0 unspecified atom stereocenters. The van der Waals surface area contributed by atoms with Crippen molar-refractivity contribution >= 4 is 39.2 Å². The lowest BCUT2D eigenvalue weighted by molar-refractivity contribution is 0.402. The molecule has 0 bridgehead atoms. The predicted octanol–water partition coefficient (Wildman–Crippen LogP) is 5.52. The number of halogens is 2. The number of pyridine rings is 1. The van der Waals surface area contributed by atoms with Crippen molar-refractivity contribution in [1.82, 2.24) is 9.71 Å². The van der Waals surface area contributed by atoms with E-state index in [1.54, 1.807) is 48.7 Å². The summed E-state index contributed by atoms with van der Waals surface area (Å²) < 4.78 is 32.9. The largest absolute Gasteiger partial charge is 0.495 e. The van der Waals surface area contributed by atoms with Gasteiger partial charge in [0.15, 0.2) is 0 Å². The fourth-order valence-corrected chi connectivity index (χ4v) is 4.90. The molecule has 0 fully saturated rings. The van der Waals surface area contributed by atoms with Gasteiger partial charge in [-0.3, -0.25) is 4.98 Å². The second-order valence-corrected chi connectivity index (χ2v) is 10.2. The van der Waals surface area contributed by atoms with Crippen molar-refractivity contribution in [3.05, 3.63) is 101 Å². The highest BCUT2D eigenvalue weighted by Gasteiger charge is 2.19. The maximum atomic E-state index is 12.7. The number of aliphatic imine (C=N–C) groups is 1. The molecule has 10 heteroatoms. The first kappa shape index (κ1) is 25.5. The lowest BCUT2D eigenvalue weighted by Crippen LogP contribution is -2.37. The first-order chi connectivity index (χ1) is 17.3. The van der Waals surface area contributed by atoms with Crippen LogP contribution in [0.4, 0.5) is 0 Å². The molecular formula is C26H22Cl2N4O3S. The minimum Gasteiger partial charge on any atom is -0.495 e. The molecule has 4 aromatic rings. The van der Waals surface area contributed by atoms with E-state index in [-0.39, 0.29) is 23.1 Å². The molecule has 0 atom stereocenters. The molecule has 0 saturated carbocycles. The van der Waals surface area contributed by atoms with Gasteiger partial charge in [0.25, 0.3) is 10.0 Å². The standard InChI is InChI=1S/C26H22Cl2N4O3S/c1-35-23-4-2-3-5-24(23)36(33,34)32-26(29)31-16-17-14-22(18-6-10-20(27)11-7-18)25(30-15-17)19-8-12-21(28)13-9-19/h2-15H,16H2,1H3,(H3,29,31,32). The van der Waals surface area contributed by atoms with Gasteiger partial charge in [0, 0.05) is 27.4 Å². The third-order valence-electron chi connectivity index (χ3n) is 5.25. The highest BCUT2D eigenvalue weighted by Crippen LogP contribution is 2.32. The van der Waals surface area contributed by atoms with Crippen LogP contribution in [0.3, 0.4) is 0 Å². The Labute approximate surface area is 219 Å². The molecule has 0 aliphatic carbocycles. The molecule has 4 rings (SSSR count). The number of rotatable bonds is 7. The van der Waals surface area contributed by atoms with E-state index in [0.29, 0.717) is 10.0 Å². The number of ether oxygens (including phenoxy) is 1. The molecule has 0 aliphatic rings.